The molecule has 2 aromatic carbocycles. The Balaban J connectivity index is 1.79. The van der Waals surface area contributed by atoms with Crippen molar-refractivity contribution in [3.8, 4) is 11.1 Å². The number of nitrogens with zero attached hydrogens (tertiary/aromatic N) is 5. The highest BCUT2D eigenvalue weighted by molar-refractivity contribution is 7.23. The van der Waals surface area contributed by atoms with E-state index >= 15 is 0 Å². The van der Waals surface area contributed by atoms with Crippen molar-refractivity contribution in [2.45, 2.75) is 0 Å². The number of fused-ring (bicyclic) bond motifs is 9. The predicted octanol–water partition coefficient (Wildman–Crippen LogP) is 2.05. The molecule has 164 valence electrons. The van der Waals surface area contributed by atoms with E-state index in [1.165, 1.54) is 54.6 Å². The first-order chi connectivity index (χ1) is 15.9. The molecule has 0 saturated heterocycles. The minimum atomic E-state index is -2.52. The first kappa shape index (κ1) is 20.0. The average Bonchev–Trinajstić information content (AvgIpc) is 3.13. The number of hydrogen-bond donors (Lipinski definition) is 0. The van der Waals surface area contributed by atoms with Gasteiger partial charge in [0.25, 0.3) is 0 Å². The minimum absolute atomic E-state index is 1.21. The van der Waals surface area contributed by atoms with Crippen LogP contribution in [0.1, 0.15) is 0 Å². The molecule has 0 amide bonds. The Morgan fingerprint density at radius 3 is 1.52 bits per heavy atom. The van der Waals surface area contributed by atoms with Gasteiger partial charge in [-0.1, -0.05) is 12.1 Å². The molecule has 2 aromatic heterocycles. The second-order valence-corrected chi connectivity index (χ2v) is 13.0. The van der Waals surface area contributed by atoms with E-state index in [1.807, 2.05) is 24.8 Å². The van der Waals surface area contributed by atoms with Crippen LogP contribution in [0, 0.1) is 0 Å². The van der Waals surface area contributed by atoms with Crippen LogP contribution < -0.4 is 35.4 Å². The molecule has 0 aliphatic carbocycles. The molecule has 4 heterocycles. The molecule has 6 rings (SSSR count). The molecular weight excluding hydrogens is 422 g/mol. The maximum atomic E-state index is 4.51. The summed E-state index contributed by atoms with van der Waals surface area (Å²) in [6.07, 6.45) is 7.95. The molecule has 2 aliphatic rings. The zero-order valence-corrected chi connectivity index (χ0v) is 20.7. The third-order valence-corrected chi connectivity index (χ3v) is 12.2. The van der Waals surface area contributed by atoms with Crippen molar-refractivity contribution < 1.29 is 0 Å². The summed E-state index contributed by atoms with van der Waals surface area (Å²) < 4.78 is 0. The Morgan fingerprint density at radius 1 is 0.636 bits per heavy atom. The summed E-state index contributed by atoms with van der Waals surface area (Å²) in [7, 11) is 8.10. The number of aromatic nitrogens is 2. The van der Waals surface area contributed by atoms with Gasteiger partial charge in [-0.2, -0.15) is 0 Å². The summed E-state index contributed by atoms with van der Waals surface area (Å²) in [6.45, 7) is 0. The Kier molecular flexibility index (Phi) is 4.20. The smallest absolute Gasteiger partial charge is 0.185 e. The molecule has 0 atom stereocenters. The van der Waals surface area contributed by atoms with Gasteiger partial charge in [-0.15, -0.1) is 0 Å². The van der Waals surface area contributed by atoms with Crippen LogP contribution in [0.25, 0.3) is 11.1 Å². The van der Waals surface area contributed by atoms with Crippen molar-refractivity contribution in [2.75, 3.05) is 49.9 Å². The van der Waals surface area contributed by atoms with E-state index in [0.29, 0.717) is 0 Å². The molecule has 0 fully saturated rings. The van der Waals surface area contributed by atoms with Crippen LogP contribution in [0.4, 0.5) is 22.7 Å². The highest BCUT2D eigenvalue weighted by atomic mass is 28.3. The first-order valence-corrected chi connectivity index (χ1v) is 13.2. The largest absolute Gasteiger partial charge is 0.378 e. The van der Waals surface area contributed by atoms with Gasteiger partial charge in [0, 0.05) is 93.9 Å². The molecule has 6 heteroatoms. The third-order valence-electron chi connectivity index (χ3n) is 7.27. The lowest BCUT2D eigenvalue weighted by Gasteiger charge is -2.43. The normalized spacial score (nSPS) is 14.4. The number of pyridine rings is 2. The van der Waals surface area contributed by atoms with Gasteiger partial charge in [-0.3, -0.25) is 9.97 Å². The molecule has 0 unspecified atom stereocenters. The second-order valence-electron chi connectivity index (χ2n) is 9.34. The highest BCUT2D eigenvalue weighted by Crippen LogP contribution is 2.38. The van der Waals surface area contributed by atoms with Gasteiger partial charge in [-0.05, 0) is 57.1 Å². The number of benzene rings is 2. The van der Waals surface area contributed by atoms with Gasteiger partial charge in [0.1, 0.15) is 0 Å². The maximum Gasteiger partial charge on any atom is 0.185 e. The number of anilines is 4. The van der Waals surface area contributed by atoms with E-state index in [9.17, 15) is 0 Å². The Hall–Kier alpha value is -3.64. The second kappa shape index (κ2) is 6.93. The molecule has 0 saturated carbocycles. The molecule has 0 radical (unpaired) electrons. The quantitative estimate of drug-likeness (QED) is 0.386. The monoisotopic (exact) mass is 449 g/mol. The topological polar surface area (TPSA) is 35.5 Å². The van der Waals surface area contributed by atoms with E-state index in [0.717, 1.165) is 0 Å². The zero-order chi connectivity index (χ0) is 22.9. The van der Waals surface area contributed by atoms with Crippen LogP contribution >= 0.6 is 0 Å². The van der Waals surface area contributed by atoms with Crippen molar-refractivity contribution in [2.24, 2.45) is 0 Å². The van der Waals surface area contributed by atoms with Crippen LogP contribution in [-0.2, 0) is 0 Å². The summed E-state index contributed by atoms with van der Waals surface area (Å²) in [5, 5.41) is 5.67. The van der Waals surface area contributed by atoms with E-state index < -0.39 is 8.07 Å². The van der Waals surface area contributed by atoms with Crippen molar-refractivity contribution in [1.29, 1.82) is 0 Å². The van der Waals surface area contributed by atoms with E-state index in [4.69, 9.17) is 0 Å². The van der Waals surface area contributed by atoms with Crippen LogP contribution in [0.5, 0.6) is 0 Å². The van der Waals surface area contributed by atoms with E-state index in [-0.39, 0.29) is 0 Å². The molecule has 0 bridgehead atoms. The first-order valence-electron chi connectivity index (χ1n) is 11.2. The van der Waals surface area contributed by atoms with Gasteiger partial charge >= 0.3 is 0 Å². The summed E-state index contributed by atoms with van der Waals surface area (Å²) in [5.41, 5.74) is 7.43. The lowest BCUT2D eigenvalue weighted by atomic mass is 10.1. The summed E-state index contributed by atoms with van der Waals surface area (Å²) in [4.78, 5) is 15.7. The molecule has 4 aromatic rings. The Morgan fingerprint density at radius 2 is 1.09 bits per heavy atom. The van der Waals surface area contributed by atoms with Crippen molar-refractivity contribution >= 4 is 51.6 Å². The molecular formula is C27H27N5Si. The van der Waals surface area contributed by atoms with Gasteiger partial charge < -0.3 is 14.7 Å². The van der Waals surface area contributed by atoms with Crippen LogP contribution in [-0.4, -0.2) is 53.3 Å². The Labute approximate surface area is 196 Å². The SMILES string of the molecule is CN(C)c1ccc2c(c1)N(C)c1cc(N(C)C)ccc1[Si]21c2ccncc2-c2cnccc21. The van der Waals surface area contributed by atoms with Crippen molar-refractivity contribution in [3.63, 3.8) is 0 Å². The van der Waals surface area contributed by atoms with Gasteiger partial charge in [0.05, 0.1) is 0 Å². The van der Waals surface area contributed by atoms with Crippen LogP contribution in [0.3, 0.4) is 0 Å². The van der Waals surface area contributed by atoms with Gasteiger partial charge in [-0.25, -0.2) is 0 Å². The fraction of sp³-hybridized carbons (Fsp3) is 0.185. The van der Waals surface area contributed by atoms with Gasteiger partial charge in [0.2, 0.25) is 0 Å². The fourth-order valence-corrected chi connectivity index (χ4v) is 11.2. The lowest BCUT2D eigenvalue weighted by Crippen LogP contribution is -2.75. The van der Waals surface area contributed by atoms with E-state index in [2.05, 4.69) is 108 Å². The van der Waals surface area contributed by atoms with Crippen molar-refractivity contribution in [1.82, 2.24) is 9.97 Å². The molecule has 1 spiro atoms. The Bertz CT molecular complexity index is 1300. The number of rotatable bonds is 2. The van der Waals surface area contributed by atoms with Crippen LogP contribution in [0.2, 0.25) is 0 Å². The molecule has 33 heavy (non-hydrogen) atoms. The summed E-state index contributed by atoms with van der Waals surface area (Å²) in [6, 6.07) is 18.5. The molecule has 2 aliphatic heterocycles. The lowest BCUT2D eigenvalue weighted by molar-refractivity contribution is 1.12. The summed E-state index contributed by atoms with van der Waals surface area (Å²) >= 11 is 0. The van der Waals surface area contributed by atoms with E-state index in [1.54, 1.807) is 0 Å². The van der Waals surface area contributed by atoms with Crippen LogP contribution in [0.15, 0.2) is 73.3 Å². The fourth-order valence-electron chi connectivity index (χ4n) is 5.66. The summed E-state index contributed by atoms with van der Waals surface area (Å²) in [5.74, 6) is 0. The highest BCUT2D eigenvalue weighted by Gasteiger charge is 2.53. The number of hydrogen-bond acceptors (Lipinski definition) is 5. The average molecular weight is 450 g/mol. The predicted molar refractivity (Wildman–Crippen MR) is 141 cm³/mol. The standard InChI is InChI=1S/C27H27N5Si/c1-30(2)18-6-8-26-22(14-18)32(5)23-15-19(31(3)4)7-9-27(23)33(26)24-10-12-28-16-20(24)21-17-29-13-11-25(21)33/h6-17H,1-5H3. The zero-order valence-electron chi connectivity index (χ0n) is 19.7. The minimum Gasteiger partial charge on any atom is -0.378 e. The van der Waals surface area contributed by atoms with Crippen molar-refractivity contribution in [3.05, 3.63) is 73.3 Å². The third kappa shape index (κ3) is 2.52. The molecule has 5 nitrogen and oxygen atoms in total. The van der Waals surface area contributed by atoms with Gasteiger partial charge in [0.15, 0.2) is 8.07 Å². The molecule has 0 N–H and O–H groups in total. The maximum absolute atomic E-state index is 4.51.